The highest BCUT2D eigenvalue weighted by Crippen LogP contribution is 2.29. The molecule has 0 amide bonds. The normalized spacial score (nSPS) is 11.8. The summed E-state index contributed by atoms with van der Waals surface area (Å²) >= 11 is 6.18. The van der Waals surface area contributed by atoms with Crippen molar-refractivity contribution < 1.29 is 8.42 Å². The number of allylic oxidation sites excluding steroid dienone is 2. The van der Waals surface area contributed by atoms with Gasteiger partial charge in [0.1, 0.15) is 0 Å². The molecular formula is C17H18ClNO2S. The summed E-state index contributed by atoms with van der Waals surface area (Å²) in [6.45, 7) is 3.83. The maximum absolute atomic E-state index is 12.5. The second-order valence-corrected chi connectivity index (χ2v) is 7.06. The van der Waals surface area contributed by atoms with Crippen LogP contribution in [0.1, 0.15) is 18.1 Å². The Hall–Kier alpha value is -1.78. The smallest absolute Gasteiger partial charge is 0.261 e. The lowest BCUT2D eigenvalue weighted by Crippen LogP contribution is -2.14. The average molecular weight is 336 g/mol. The van der Waals surface area contributed by atoms with E-state index in [4.69, 9.17) is 11.6 Å². The van der Waals surface area contributed by atoms with E-state index in [1.807, 2.05) is 38.1 Å². The molecule has 2 rings (SSSR count). The molecule has 0 fully saturated rings. The van der Waals surface area contributed by atoms with Crippen molar-refractivity contribution in [2.24, 2.45) is 0 Å². The fourth-order valence-electron chi connectivity index (χ4n) is 2.01. The topological polar surface area (TPSA) is 46.2 Å². The number of hydrogen-bond acceptors (Lipinski definition) is 2. The maximum Gasteiger partial charge on any atom is 0.261 e. The third kappa shape index (κ3) is 3.90. The Labute approximate surface area is 136 Å². The molecule has 0 unspecified atom stereocenters. The molecule has 0 saturated carbocycles. The van der Waals surface area contributed by atoms with Crippen LogP contribution in [0.5, 0.6) is 0 Å². The van der Waals surface area contributed by atoms with Crippen LogP contribution in [0.2, 0.25) is 5.02 Å². The number of para-hydroxylation sites is 1. The number of benzene rings is 2. The van der Waals surface area contributed by atoms with E-state index in [1.54, 1.807) is 30.3 Å². The van der Waals surface area contributed by atoms with Crippen LogP contribution in [-0.2, 0) is 16.4 Å². The molecule has 0 aromatic heterocycles. The van der Waals surface area contributed by atoms with Gasteiger partial charge in [-0.3, -0.25) is 4.72 Å². The Morgan fingerprint density at radius 1 is 1.14 bits per heavy atom. The van der Waals surface area contributed by atoms with Crippen LogP contribution in [0.3, 0.4) is 0 Å². The number of hydrogen-bond donors (Lipinski definition) is 1. The van der Waals surface area contributed by atoms with Gasteiger partial charge in [0.25, 0.3) is 10.0 Å². The molecule has 2 aromatic carbocycles. The summed E-state index contributed by atoms with van der Waals surface area (Å²) in [6, 6.07) is 12.0. The van der Waals surface area contributed by atoms with E-state index in [0.717, 1.165) is 11.1 Å². The van der Waals surface area contributed by atoms with E-state index in [1.165, 1.54) is 0 Å². The van der Waals surface area contributed by atoms with Gasteiger partial charge in [0, 0.05) is 0 Å². The molecule has 0 aliphatic heterocycles. The lowest BCUT2D eigenvalue weighted by atomic mass is 10.1. The molecule has 0 spiro atoms. The van der Waals surface area contributed by atoms with E-state index >= 15 is 0 Å². The van der Waals surface area contributed by atoms with E-state index in [-0.39, 0.29) is 4.90 Å². The first-order valence-corrected chi connectivity index (χ1v) is 8.78. The van der Waals surface area contributed by atoms with Gasteiger partial charge in [-0.25, -0.2) is 8.42 Å². The summed E-state index contributed by atoms with van der Waals surface area (Å²) in [5.74, 6) is 0. The first-order chi connectivity index (χ1) is 10.4. The quantitative estimate of drug-likeness (QED) is 0.814. The number of nitrogens with one attached hydrogen (secondary N) is 1. The zero-order valence-corrected chi connectivity index (χ0v) is 14.1. The number of sulfonamides is 1. The molecule has 0 heterocycles. The Balaban J connectivity index is 2.39. The molecule has 0 bridgehead atoms. The third-order valence-corrected chi connectivity index (χ3v) is 4.92. The molecule has 5 heteroatoms. The zero-order valence-electron chi connectivity index (χ0n) is 12.5. The predicted molar refractivity (Wildman–Crippen MR) is 92.0 cm³/mol. The molecule has 3 nitrogen and oxygen atoms in total. The summed E-state index contributed by atoms with van der Waals surface area (Å²) in [5, 5.41) is 0.387. The standard InChI is InChI=1S/C17H18ClNO2S/c1-3-4-6-14-7-5-8-16(18)17(14)19-22(20,21)15-11-9-13(2)10-12-15/h3-5,7-12,19H,6H2,1-2H3/b4-3+. The fourth-order valence-corrected chi connectivity index (χ4v) is 3.43. The zero-order chi connectivity index (χ0) is 16.2. The van der Waals surface area contributed by atoms with E-state index in [0.29, 0.717) is 17.1 Å². The first-order valence-electron chi connectivity index (χ1n) is 6.92. The van der Waals surface area contributed by atoms with Crippen molar-refractivity contribution >= 4 is 27.3 Å². The van der Waals surface area contributed by atoms with Gasteiger partial charge in [-0.1, -0.05) is 53.6 Å². The minimum atomic E-state index is -3.66. The van der Waals surface area contributed by atoms with Gasteiger partial charge < -0.3 is 0 Å². The molecule has 0 atom stereocenters. The van der Waals surface area contributed by atoms with Crippen molar-refractivity contribution in [2.45, 2.75) is 25.2 Å². The van der Waals surface area contributed by atoms with E-state index in [2.05, 4.69) is 4.72 Å². The van der Waals surface area contributed by atoms with Gasteiger partial charge in [0.2, 0.25) is 0 Å². The number of aryl methyl sites for hydroxylation is 1. The largest absolute Gasteiger partial charge is 0.278 e. The molecule has 0 aliphatic carbocycles. The number of anilines is 1. The molecule has 0 radical (unpaired) electrons. The molecule has 0 saturated heterocycles. The average Bonchev–Trinajstić information content (AvgIpc) is 2.48. The van der Waals surface area contributed by atoms with Crippen LogP contribution in [0.4, 0.5) is 5.69 Å². The minimum absolute atomic E-state index is 0.218. The second kappa shape index (κ2) is 6.99. The van der Waals surface area contributed by atoms with Crippen molar-refractivity contribution in [3.63, 3.8) is 0 Å². The van der Waals surface area contributed by atoms with Crippen molar-refractivity contribution in [2.75, 3.05) is 4.72 Å². The Morgan fingerprint density at radius 3 is 2.45 bits per heavy atom. The number of halogens is 1. The maximum atomic E-state index is 12.5. The lowest BCUT2D eigenvalue weighted by molar-refractivity contribution is 0.601. The van der Waals surface area contributed by atoms with Crippen LogP contribution < -0.4 is 4.72 Å². The monoisotopic (exact) mass is 335 g/mol. The summed E-state index contributed by atoms with van der Waals surface area (Å²) in [7, 11) is -3.66. The Kier molecular flexibility index (Phi) is 5.27. The molecule has 22 heavy (non-hydrogen) atoms. The lowest BCUT2D eigenvalue weighted by Gasteiger charge is -2.13. The summed E-state index contributed by atoms with van der Waals surface area (Å²) in [6.07, 6.45) is 4.48. The van der Waals surface area contributed by atoms with Crippen molar-refractivity contribution in [3.8, 4) is 0 Å². The Morgan fingerprint density at radius 2 is 1.82 bits per heavy atom. The Bertz CT molecular complexity index is 781. The van der Waals surface area contributed by atoms with Gasteiger partial charge in [-0.05, 0) is 44.0 Å². The molecular weight excluding hydrogens is 318 g/mol. The summed E-state index contributed by atoms with van der Waals surface area (Å²) in [4.78, 5) is 0.218. The minimum Gasteiger partial charge on any atom is -0.278 e. The molecule has 2 aromatic rings. The predicted octanol–water partition coefficient (Wildman–Crippen LogP) is 4.57. The molecule has 1 N–H and O–H groups in total. The second-order valence-electron chi connectivity index (χ2n) is 4.97. The van der Waals surface area contributed by atoms with Crippen LogP contribution in [0.15, 0.2) is 59.5 Å². The first kappa shape index (κ1) is 16.6. The van der Waals surface area contributed by atoms with Gasteiger partial charge in [-0.2, -0.15) is 0 Å². The number of rotatable bonds is 5. The third-order valence-electron chi connectivity index (χ3n) is 3.24. The van der Waals surface area contributed by atoms with E-state index < -0.39 is 10.0 Å². The molecule has 0 aliphatic rings. The van der Waals surface area contributed by atoms with Crippen molar-refractivity contribution in [3.05, 3.63) is 70.8 Å². The summed E-state index contributed by atoms with van der Waals surface area (Å²) in [5.41, 5.74) is 2.27. The van der Waals surface area contributed by atoms with Crippen LogP contribution >= 0.6 is 11.6 Å². The fraction of sp³-hybridized carbons (Fsp3) is 0.176. The van der Waals surface area contributed by atoms with Gasteiger partial charge in [0.05, 0.1) is 15.6 Å². The van der Waals surface area contributed by atoms with Gasteiger partial charge in [-0.15, -0.1) is 0 Å². The van der Waals surface area contributed by atoms with Crippen molar-refractivity contribution in [1.29, 1.82) is 0 Å². The van der Waals surface area contributed by atoms with E-state index in [9.17, 15) is 8.42 Å². The van der Waals surface area contributed by atoms with Crippen LogP contribution in [0.25, 0.3) is 0 Å². The van der Waals surface area contributed by atoms with Gasteiger partial charge >= 0.3 is 0 Å². The van der Waals surface area contributed by atoms with Gasteiger partial charge in [0.15, 0.2) is 0 Å². The highest BCUT2D eigenvalue weighted by atomic mass is 35.5. The highest BCUT2D eigenvalue weighted by Gasteiger charge is 2.17. The SMILES string of the molecule is C/C=C/Cc1cccc(Cl)c1NS(=O)(=O)c1ccc(C)cc1. The summed E-state index contributed by atoms with van der Waals surface area (Å²) < 4.78 is 27.6. The molecule has 116 valence electrons. The highest BCUT2D eigenvalue weighted by molar-refractivity contribution is 7.92. The van der Waals surface area contributed by atoms with Crippen LogP contribution in [0, 0.1) is 6.92 Å². The van der Waals surface area contributed by atoms with Crippen molar-refractivity contribution in [1.82, 2.24) is 0 Å². The van der Waals surface area contributed by atoms with Crippen LogP contribution in [-0.4, -0.2) is 8.42 Å².